The monoisotopic (exact) mass is 430 g/mol. The highest BCUT2D eigenvalue weighted by Gasteiger charge is 2.31. The maximum atomic E-state index is 12.8. The third-order valence-corrected chi connectivity index (χ3v) is 5.17. The van der Waals surface area contributed by atoms with Crippen molar-refractivity contribution < 1.29 is 23.1 Å². The van der Waals surface area contributed by atoms with Gasteiger partial charge >= 0.3 is 6.18 Å². The minimum Gasteiger partial charge on any atom is -0.511 e. The van der Waals surface area contributed by atoms with Crippen molar-refractivity contribution in [2.24, 2.45) is 0 Å². The number of hydrogen-bond acceptors (Lipinski definition) is 4. The lowest BCUT2D eigenvalue weighted by molar-refractivity contribution is -0.137. The van der Waals surface area contributed by atoms with Gasteiger partial charge in [0.15, 0.2) is 0 Å². The summed E-state index contributed by atoms with van der Waals surface area (Å²) in [6.45, 7) is 1.69. The van der Waals surface area contributed by atoms with Crippen LogP contribution in [0.25, 0.3) is 5.65 Å². The number of halogens is 3. The van der Waals surface area contributed by atoms with Gasteiger partial charge in [0, 0.05) is 44.6 Å². The summed E-state index contributed by atoms with van der Waals surface area (Å²) in [7, 11) is 0. The molecule has 3 aromatic rings. The lowest BCUT2D eigenvalue weighted by atomic mass is 10.0. The Balaban J connectivity index is 1.32. The van der Waals surface area contributed by atoms with Crippen LogP contribution in [-0.4, -0.2) is 38.4 Å². The van der Waals surface area contributed by atoms with E-state index in [0.717, 1.165) is 25.2 Å². The van der Waals surface area contributed by atoms with Gasteiger partial charge < -0.3 is 19.7 Å². The van der Waals surface area contributed by atoms with E-state index in [1.807, 2.05) is 17.0 Å². The Hall–Kier alpha value is -3.49. The third-order valence-electron chi connectivity index (χ3n) is 5.17. The molecule has 2 aromatic heterocycles. The molecule has 1 amide bonds. The second-order valence-corrected chi connectivity index (χ2v) is 7.42. The molecule has 0 atom stereocenters. The number of fused-ring (bicyclic) bond motifs is 2. The van der Waals surface area contributed by atoms with Gasteiger partial charge in [-0.3, -0.25) is 4.79 Å². The van der Waals surface area contributed by atoms with Crippen LogP contribution in [0.4, 0.5) is 13.2 Å². The van der Waals surface area contributed by atoms with Crippen molar-refractivity contribution in [2.45, 2.75) is 25.6 Å². The van der Waals surface area contributed by atoms with Gasteiger partial charge in [-0.2, -0.15) is 13.2 Å². The van der Waals surface area contributed by atoms with Gasteiger partial charge in [0.1, 0.15) is 17.1 Å². The molecule has 0 saturated carbocycles. The normalized spacial score (nSPS) is 14.5. The first-order valence-corrected chi connectivity index (χ1v) is 9.84. The van der Waals surface area contributed by atoms with Crippen molar-refractivity contribution in [1.82, 2.24) is 19.6 Å². The number of aromatic nitrogens is 2. The van der Waals surface area contributed by atoms with Crippen LogP contribution in [0, 0.1) is 0 Å². The third kappa shape index (κ3) is 4.82. The van der Waals surface area contributed by atoms with Gasteiger partial charge in [0.25, 0.3) is 5.91 Å². The molecule has 9 heteroatoms. The highest BCUT2D eigenvalue weighted by molar-refractivity contribution is 5.92. The second kappa shape index (κ2) is 8.33. The molecule has 6 nitrogen and oxygen atoms in total. The van der Waals surface area contributed by atoms with E-state index in [2.05, 4.69) is 22.4 Å². The minimum atomic E-state index is -4.47. The molecule has 0 unspecified atom stereocenters. The van der Waals surface area contributed by atoms with Crippen molar-refractivity contribution in [1.29, 1.82) is 0 Å². The number of rotatable bonds is 5. The lowest BCUT2D eigenvalue weighted by Crippen LogP contribution is -2.27. The number of nitrogens with one attached hydrogen (secondary N) is 1. The van der Waals surface area contributed by atoms with Crippen molar-refractivity contribution >= 4 is 11.6 Å². The first-order valence-electron chi connectivity index (χ1n) is 9.84. The molecule has 2 N–H and O–H groups in total. The summed E-state index contributed by atoms with van der Waals surface area (Å²) >= 11 is 0. The van der Waals surface area contributed by atoms with Crippen molar-refractivity contribution in [3.63, 3.8) is 0 Å². The number of alkyl halides is 3. The molecule has 0 radical (unpaired) electrons. The van der Waals surface area contributed by atoms with Gasteiger partial charge in [-0.25, -0.2) is 4.98 Å². The molecule has 4 rings (SSSR count). The average Bonchev–Trinajstić information content (AvgIpc) is 3.16. The van der Waals surface area contributed by atoms with E-state index in [9.17, 15) is 23.1 Å². The van der Waals surface area contributed by atoms with E-state index >= 15 is 0 Å². The Morgan fingerprint density at radius 1 is 1.16 bits per heavy atom. The minimum absolute atomic E-state index is 0.00966. The molecule has 31 heavy (non-hydrogen) atoms. The summed E-state index contributed by atoms with van der Waals surface area (Å²) in [5.74, 6) is -0.374. The van der Waals surface area contributed by atoms with Crippen LogP contribution < -0.4 is 5.32 Å². The summed E-state index contributed by atoms with van der Waals surface area (Å²) in [6.07, 6.45) is 0.494. The lowest BCUT2D eigenvalue weighted by Gasteiger charge is -2.27. The predicted molar refractivity (Wildman–Crippen MR) is 108 cm³/mol. The fourth-order valence-electron chi connectivity index (χ4n) is 3.57. The van der Waals surface area contributed by atoms with E-state index in [-0.39, 0.29) is 30.1 Å². The Labute approximate surface area is 176 Å². The van der Waals surface area contributed by atoms with Crippen molar-refractivity contribution in [2.75, 3.05) is 13.1 Å². The number of amides is 1. The van der Waals surface area contributed by atoms with E-state index < -0.39 is 17.6 Å². The average molecular weight is 430 g/mol. The number of carbonyl (C=O) groups is 1. The van der Waals surface area contributed by atoms with Crippen LogP contribution in [0.1, 0.15) is 33.6 Å². The van der Waals surface area contributed by atoms with Crippen LogP contribution >= 0.6 is 0 Å². The number of imidazole rings is 1. The molecule has 1 aliphatic rings. The Bertz CT molecular complexity index is 1140. The van der Waals surface area contributed by atoms with Crippen LogP contribution in [0.2, 0.25) is 0 Å². The molecule has 0 spiro atoms. The second-order valence-electron chi connectivity index (χ2n) is 7.42. The first kappa shape index (κ1) is 20.8. The van der Waals surface area contributed by atoms with Gasteiger partial charge in [0.05, 0.1) is 5.56 Å². The van der Waals surface area contributed by atoms with Gasteiger partial charge in [-0.05, 0) is 29.7 Å². The number of benzene rings is 1. The summed E-state index contributed by atoms with van der Waals surface area (Å²) in [5, 5.41) is 12.8. The molecule has 0 saturated heterocycles. The number of hydrogen-bond donors (Lipinski definition) is 2. The molecule has 0 fully saturated rings. The highest BCUT2D eigenvalue weighted by Crippen LogP contribution is 2.29. The molecule has 1 aliphatic heterocycles. The van der Waals surface area contributed by atoms with Gasteiger partial charge in [-0.1, -0.05) is 24.3 Å². The van der Waals surface area contributed by atoms with Crippen molar-refractivity contribution in [3.05, 3.63) is 83.1 Å². The molecular weight excluding hydrogens is 409 g/mol. The van der Waals surface area contributed by atoms with E-state index in [1.165, 1.54) is 27.8 Å². The van der Waals surface area contributed by atoms with Gasteiger partial charge in [-0.15, -0.1) is 0 Å². The first-order chi connectivity index (χ1) is 14.8. The maximum absolute atomic E-state index is 12.8. The Morgan fingerprint density at radius 3 is 2.71 bits per heavy atom. The number of aliphatic hydroxyl groups is 1. The van der Waals surface area contributed by atoms with Crippen LogP contribution in [-0.2, 0) is 19.1 Å². The van der Waals surface area contributed by atoms with E-state index in [4.69, 9.17) is 0 Å². The summed E-state index contributed by atoms with van der Waals surface area (Å²) in [5.41, 5.74) is 1.97. The standard InChI is InChI=1S/C22H21F3N4O2/c23-22(24,25)17-5-6-20-27-19(14-29(20)12-17)21(31)26-9-7-18(30)13-28-10-8-15-3-1-2-4-16(15)11-28/h1-6,12-14,30H,7-11H2,(H,26,31)/b18-13-. The largest absolute Gasteiger partial charge is 0.511 e. The summed E-state index contributed by atoms with van der Waals surface area (Å²) in [4.78, 5) is 18.4. The highest BCUT2D eigenvalue weighted by atomic mass is 19.4. The zero-order valence-corrected chi connectivity index (χ0v) is 16.6. The fourth-order valence-corrected chi connectivity index (χ4v) is 3.57. The SMILES string of the molecule is O=C(NCC/C(O)=C/N1CCc2ccccc2C1)c1cn2cc(C(F)(F)F)ccc2n1. The van der Waals surface area contributed by atoms with Crippen molar-refractivity contribution in [3.8, 4) is 0 Å². The zero-order chi connectivity index (χ0) is 22.0. The molecule has 0 aliphatic carbocycles. The molecule has 162 valence electrons. The summed E-state index contributed by atoms with van der Waals surface area (Å²) in [6, 6.07) is 10.3. The smallest absolute Gasteiger partial charge is 0.417 e. The van der Waals surface area contributed by atoms with Gasteiger partial charge in [0.2, 0.25) is 0 Å². The number of aliphatic hydroxyl groups excluding tert-OH is 1. The molecular formula is C22H21F3N4O2. The molecule has 1 aromatic carbocycles. The fraction of sp³-hybridized carbons (Fsp3) is 0.273. The molecule has 0 bridgehead atoms. The summed E-state index contributed by atoms with van der Waals surface area (Å²) < 4.78 is 39.6. The van der Waals surface area contributed by atoms with Crippen LogP contribution in [0.15, 0.2) is 60.8 Å². The van der Waals surface area contributed by atoms with E-state index in [0.29, 0.717) is 6.54 Å². The predicted octanol–water partition coefficient (Wildman–Crippen LogP) is 3.93. The Kier molecular flexibility index (Phi) is 5.58. The van der Waals surface area contributed by atoms with Crippen LogP contribution in [0.3, 0.4) is 0 Å². The number of nitrogens with zero attached hydrogens (tertiary/aromatic N) is 3. The van der Waals surface area contributed by atoms with E-state index in [1.54, 1.807) is 6.20 Å². The molecule has 3 heterocycles. The number of carbonyl (C=O) groups excluding carboxylic acids is 1. The maximum Gasteiger partial charge on any atom is 0.417 e. The zero-order valence-electron chi connectivity index (χ0n) is 16.6. The van der Waals surface area contributed by atoms with Crippen LogP contribution in [0.5, 0.6) is 0 Å². The topological polar surface area (TPSA) is 69.9 Å². The quantitative estimate of drug-likeness (QED) is 0.602. The Morgan fingerprint density at radius 2 is 1.94 bits per heavy atom. The number of pyridine rings is 1.